The van der Waals surface area contributed by atoms with E-state index in [0.29, 0.717) is 5.95 Å². The molecule has 4 nitrogen and oxygen atoms in total. The summed E-state index contributed by atoms with van der Waals surface area (Å²) in [6.07, 6.45) is -4.68. The van der Waals surface area contributed by atoms with Gasteiger partial charge in [-0.2, -0.15) is 0 Å². The van der Waals surface area contributed by atoms with Gasteiger partial charge < -0.3 is 10.1 Å². The first-order valence-corrected chi connectivity index (χ1v) is 6.67. The second kappa shape index (κ2) is 6.21. The average molecular weight is 311 g/mol. The summed E-state index contributed by atoms with van der Waals surface area (Å²) in [5.74, 6) is 0.242. The number of aromatic nitrogens is 2. The summed E-state index contributed by atoms with van der Waals surface area (Å²) in [6.45, 7) is 5.61. The second-order valence-electron chi connectivity index (χ2n) is 4.96. The molecule has 0 aliphatic heterocycles. The van der Waals surface area contributed by atoms with Crippen molar-refractivity contribution in [1.82, 2.24) is 9.97 Å². The van der Waals surface area contributed by atoms with Crippen LogP contribution in [0.15, 0.2) is 30.3 Å². The normalized spacial score (nSPS) is 12.8. The highest BCUT2D eigenvalue weighted by molar-refractivity contribution is 5.35. The first-order valence-electron chi connectivity index (χ1n) is 6.67. The fourth-order valence-electron chi connectivity index (χ4n) is 2.03. The molecule has 1 aromatic carbocycles. The van der Waals surface area contributed by atoms with Gasteiger partial charge in [0.05, 0.1) is 6.04 Å². The molecule has 0 unspecified atom stereocenters. The zero-order chi connectivity index (χ0) is 16.3. The van der Waals surface area contributed by atoms with Crippen molar-refractivity contribution >= 4 is 5.95 Å². The number of hydrogen-bond acceptors (Lipinski definition) is 4. The molecule has 2 rings (SSSR count). The van der Waals surface area contributed by atoms with Crippen LogP contribution >= 0.6 is 0 Å². The molecule has 2 aromatic rings. The van der Waals surface area contributed by atoms with Gasteiger partial charge in [0, 0.05) is 11.4 Å². The molecule has 1 atom stereocenters. The summed E-state index contributed by atoms with van der Waals surface area (Å²) in [7, 11) is 0. The van der Waals surface area contributed by atoms with E-state index in [2.05, 4.69) is 20.0 Å². The van der Waals surface area contributed by atoms with Crippen LogP contribution in [-0.2, 0) is 0 Å². The van der Waals surface area contributed by atoms with E-state index in [4.69, 9.17) is 0 Å². The van der Waals surface area contributed by atoms with E-state index in [0.717, 1.165) is 17.0 Å². The zero-order valence-electron chi connectivity index (χ0n) is 12.4. The van der Waals surface area contributed by atoms with Gasteiger partial charge in [0.15, 0.2) is 0 Å². The fraction of sp³-hybridized carbons (Fsp3) is 0.333. The van der Waals surface area contributed by atoms with Crippen LogP contribution in [0.25, 0.3) is 0 Å². The summed E-state index contributed by atoms with van der Waals surface area (Å²) in [4.78, 5) is 8.54. The summed E-state index contributed by atoms with van der Waals surface area (Å²) >= 11 is 0. The molecule has 1 aromatic heterocycles. The Bertz CT molecular complexity index is 621. The zero-order valence-corrected chi connectivity index (χ0v) is 12.4. The van der Waals surface area contributed by atoms with Crippen LogP contribution in [0.3, 0.4) is 0 Å². The predicted octanol–water partition coefficient (Wildman–Crippen LogP) is 4.17. The molecular weight excluding hydrogens is 295 g/mol. The Labute approximate surface area is 126 Å². The molecule has 1 heterocycles. The molecule has 0 aliphatic rings. The molecule has 0 saturated carbocycles. The first-order chi connectivity index (χ1) is 10.2. The first kappa shape index (κ1) is 16.1. The third-order valence-corrected chi connectivity index (χ3v) is 2.94. The Balaban J connectivity index is 2.07. The lowest BCUT2D eigenvalue weighted by Crippen LogP contribution is -2.17. The van der Waals surface area contributed by atoms with E-state index in [1.54, 1.807) is 12.1 Å². The molecule has 0 fully saturated rings. The van der Waals surface area contributed by atoms with Gasteiger partial charge in [-0.1, -0.05) is 12.1 Å². The van der Waals surface area contributed by atoms with Gasteiger partial charge in [0.25, 0.3) is 0 Å². The van der Waals surface area contributed by atoms with Gasteiger partial charge in [-0.25, -0.2) is 9.97 Å². The van der Waals surface area contributed by atoms with E-state index in [9.17, 15) is 13.2 Å². The number of nitrogens with one attached hydrogen (secondary N) is 1. The molecule has 0 saturated heterocycles. The van der Waals surface area contributed by atoms with Crippen molar-refractivity contribution in [3.05, 3.63) is 47.3 Å². The van der Waals surface area contributed by atoms with Crippen LogP contribution in [0.5, 0.6) is 5.75 Å². The minimum Gasteiger partial charge on any atom is -0.406 e. The van der Waals surface area contributed by atoms with Gasteiger partial charge >= 0.3 is 6.36 Å². The average Bonchev–Trinajstić information content (AvgIpc) is 2.36. The molecule has 0 amide bonds. The fourth-order valence-corrected chi connectivity index (χ4v) is 2.03. The number of ether oxygens (including phenoxy) is 1. The maximum atomic E-state index is 12.1. The number of anilines is 1. The molecule has 0 spiro atoms. The van der Waals surface area contributed by atoms with Gasteiger partial charge in [0.1, 0.15) is 5.75 Å². The lowest BCUT2D eigenvalue weighted by molar-refractivity contribution is -0.274. The maximum Gasteiger partial charge on any atom is 0.573 e. The highest BCUT2D eigenvalue weighted by atomic mass is 19.4. The number of benzene rings is 1. The second-order valence-corrected chi connectivity index (χ2v) is 4.96. The van der Waals surface area contributed by atoms with Crippen molar-refractivity contribution in [2.75, 3.05) is 5.32 Å². The number of hydrogen-bond donors (Lipinski definition) is 1. The molecular formula is C15H16F3N3O. The molecule has 0 bridgehead atoms. The quantitative estimate of drug-likeness (QED) is 0.921. The topological polar surface area (TPSA) is 47.0 Å². The highest BCUT2D eigenvalue weighted by Gasteiger charge is 2.31. The van der Waals surface area contributed by atoms with Gasteiger partial charge in [-0.05, 0) is 44.5 Å². The van der Waals surface area contributed by atoms with Gasteiger partial charge in [0.2, 0.25) is 5.95 Å². The standard InChI is InChI=1S/C15H16F3N3O/c1-9-8-10(2)20-14(19-9)21-11(3)12-4-6-13(7-5-12)22-15(16,17)18/h4-8,11H,1-3H3,(H,19,20,21)/t11-/m0/s1. The third kappa shape index (κ3) is 4.61. The Hall–Kier alpha value is -2.31. The van der Waals surface area contributed by atoms with Crippen molar-refractivity contribution in [3.63, 3.8) is 0 Å². The summed E-state index contributed by atoms with van der Waals surface area (Å²) < 4.78 is 40.2. The molecule has 0 radical (unpaired) electrons. The van der Waals surface area contributed by atoms with E-state index in [1.807, 2.05) is 26.8 Å². The van der Waals surface area contributed by atoms with Crippen LogP contribution in [0.4, 0.5) is 19.1 Å². The monoisotopic (exact) mass is 311 g/mol. The molecule has 7 heteroatoms. The van der Waals surface area contributed by atoms with Crippen molar-refractivity contribution in [2.24, 2.45) is 0 Å². The number of rotatable bonds is 4. The van der Waals surface area contributed by atoms with E-state index in [-0.39, 0.29) is 11.8 Å². The summed E-state index contributed by atoms with van der Waals surface area (Å²) in [5.41, 5.74) is 2.49. The number of halogens is 3. The smallest absolute Gasteiger partial charge is 0.406 e. The van der Waals surface area contributed by atoms with E-state index >= 15 is 0 Å². The lowest BCUT2D eigenvalue weighted by atomic mass is 10.1. The van der Waals surface area contributed by atoms with Gasteiger partial charge in [-0.3, -0.25) is 0 Å². The van der Waals surface area contributed by atoms with Crippen molar-refractivity contribution in [3.8, 4) is 5.75 Å². The van der Waals surface area contributed by atoms with Crippen molar-refractivity contribution in [1.29, 1.82) is 0 Å². The largest absolute Gasteiger partial charge is 0.573 e. The molecule has 0 aliphatic carbocycles. The minimum atomic E-state index is -4.68. The number of alkyl halides is 3. The number of aryl methyl sites for hydroxylation is 2. The van der Waals surface area contributed by atoms with Crippen LogP contribution in [-0.4, -0.2) is 16.3 Å². The Morgan fingerprint density at radius 3 is 2.09 bits per heavy atom. The van der Waals surface area contributed by atoms with Gasteiger partial charge in [-0.15, -0.1) is 13.2 Å². The van der Waals surface area contributed by atoms with Crippen LogP contribution < -0.4 is 10.1 Å². The Kier molecular flexibility index (Phi) is 4.54. The van der Waals surface area contributed by atoms with Crippen molar-refractivity contribution < 1.29 is 17.9 Å². The molecule has 118 valence electrons. The van der Waals surface area contributed by atoms with Crippen molar-refractivity contribution in [2.45, 2.75) is 33.2 Å². The Morgan fingerprint density at radius 1 is 1.05 bits per heavy atom. The van der Waals surface area contributed by atoms with Crippen LogP contribution in [0.1, 0.15) is 29.9 Å². The SMILES string of the molecule is Cc1cc(C)nc(N[C@@H](C)c2ccc(OC(F)(F)F)cc2)n1. The third-order valence-electron chi connectivity index (χ3n) is 2.94. The van der Waals surface area contributed by atoms with E-state index in [1.165, 1.54) is 12.1 Å². The number of nitrogens with zero attached hydrogens (tertiary/aromatic N) is 2. The highest BCUT2D eigenvalue weighted by Crippen LogP contribution is 2.25. The summed E-state index contributed by atoms with van der Waals surface area (Å²) in [6, 6.07) is 7.41. The lowest BCUT2D eigenvalue weighted by Gasteiger charge is -2.16. The minimum absolute atomic E-state index is 0.152. The predicted molar refractivity (Wildman–Crippen MR) is 76.7 cm³/mol. The van der Waals surface area contributed by atoms with Crippen LogP contribution in [0, 0.1) is 13.8 Å². The van der Waals surface area contributed by atoms with Crippen LogP contribution in [0.2, 0.25) is 0 Å². The maximum absolute atomic E-state index is 12.1. The molecule has 22 heavy (non-hydrogen) atoms. The Morgan fingerprint density at radius 2 is 1.59 bits per heavy atom. The van der Waals surface area contributed by atoms with E-state index < -0.39 is 6.36 Å². The molecule has 1 N–H and O–H groups in total. The summed E-state index contributed by atoms with van der Waals surface area (Å²) in [5, 5.41) is 3.12.